The van der Waals surface area contributed by atoms with Crippen molar-refractivity contribution in [2.45, 2.75) is 70.3 Å². The van der Waals surface area contributed by atoms with E-state index in [9.17, 15) is 5.11 Å². The highest BCUT2D eigenvalue weighted by Crippen LogP contribution is 2.43. The molecule has 3 aliphatic rings. The Morgan fingerprint density at radius 2 is 2.04 bits per heavy atom. The van der Waals surface area contributed by atoms with Crippen LogP contribution in [0.4, 0.5) is 0 Å². The van der Waals surface area contributed by atoms with Crippen LogP contribution in [0.1, 0.15) is 59.9 Å². The summed E-state index contributed by atoms with van der Waals surface area (Å²) in [6.07, 6.45) is 2.49. The van der Waals surface area contributed by atoms with Crippen molar-refractivity contribution in [3.8, 4) is 11.5 Å². The molecule has 0 aromatic heterocycles. The lowest BCUT2D eigenvalue weighted by atomic mass is 9.84. The highest BCUT2D eigenvalue weighted by atomic mass is 16.5. The summed E-state index contributed by atoms with van der Waals surface area (Å²) >= 11 is 0. The minimum Gasteiger partial charge on any atom is -0.493 e. The number of rotatable bonds is 5. The standard InChI is InChI=1S/C22H33NO4/c1-22(2,3)27-21-12-23-8-7-15-9-20(26-13-14-5-6-14)19(25-4)10-16(15)17(23)11-18(21)24/h9-10,14,17-18,21,24H,5-8,11-13H2,1-4H3/i13D2. The van der Waals surface area contributed by atoms with Gasteiger partial charge in [-0.15, -0.1) is 0 Å². The van der Waals surface area contributed by atoms with Crippen LogP contribution in [0.2, 0.25) is 0 Å². The van der Waals surface area contributed by atoms with E-state index in [1.165, 1.54) is 0 Å². The maximum absolute atomic E-state index is 10.7. The van der Waals surface area contributed by atoms with Crippen molar-refractivity contribution in [1.29, 1.82) is 0 Å². The Labute approximate surface area is 165 Å². The number of methoxy groups -OCH3 is 1. The van der Waals surface area contributed by atoms with Crippen LogP contribution < -0.4 is 9.47 Å². The molecule has 1 saturated carbocycles. The lowest BCUT2D eigenvalue weighted by molar-refractivity contribution is -0.149. The third-order valence-electron chi connectivity index (χ3n) is 5.62. The maximum Gasteiger partial charge on any atom is 0.161 e. The summed E-state index contributed by atoms with van der Waals surface area (Å²) in [5.74, 6) is 0.992. The highest BCUT2D eigenvalue weighted by molar-refractivity contribution is 5.49. The smallest absolute Gasteiger partial charge is 0.161 e. The summed E-state index contributed by atoms with van der Waals surface area (Å²) in [7, 11) is 1.59. The SMILES string of the molecule is [2H]C([2H])(Oc1cc2c(cc1OC)C1CC(O)C(OC(C)(C)C)CN1CC2)C1CC1. The van der Waals surface area contributed by atoms with E-state index in [0.717, 1.165) is 36.9 Å². The first-order chi connectivity index (χ1) is 13.6. The molecule has 1 aliphatic carbocycles. The van der Waals surface area contributed by atoms with Crippen molar-refractivity contribution in [3.63, 3.8) is 0 Å². The number of fused-ring (bicyclic) bond motifs is 3. The Balaban J connectivity index is 1.57. The second-order valence-corrected chi connectivity index (χ2v) is 9.03. The van der Waals surface area contributed by atoms with Gasteiger partial charge in [-0.05, 0) is 75.6 Å². The summed E-state index contributed by atoms with van der Waals surface area (Å²) in [5, 5.41) is 10.7. The van der Waals surface area contributed by atoms with E-state index in [0.29, 0.717) is 24.5 Å². The van der Waals surface area contributed by atoms with Crippen LogP contribution in [-0.2, 0) is 11.2 Å². The van der Waals surface area contributed by atoms with Gasteiger partial charge in [-0.2, -0.15) is 0 Å². The van der Waals surface area contributed by atoms with Gasteiger partial charge < -0.3 is 19.3 Å². The van der Waals surface area contributed by atoms with Crippen LogP contribution in [0.3, 0.4) is 0 Å². The Morgan fingerprint density at radius 1 is 1.26 bits per heavy atom. The number of piperidine rings is 1. The molecule has 5 nitrogen and oxygen atoms in total. The molecule has 27 heavy (non-hydrogen) atoms. The van der Waals surface area contributed by atoms with Gasteiger partial charge in [0.25, 0.3) is 0 Å². The molecule has 0 bridgehead atoms. The first-order valence-corrected chi connectivity index (χ1v) is 10.1. The Hall–Kier alpha value is -1.30. The van der Waals surface area contributed by atoms with Crippen LogP contribution in [0, 0.1) is 5.92 Å². The zero-order valence-corrected chi connectivity index (χ0v) is 16.8. The average molecular weight is 378 g/mol. The fourth-order valence-electron chi connectivity index (χ4n) is 4.15. The number of benzene rings is 1. The normalized spacial score (nSPS) is 30.0. The van der Waals surface area contributed by atoms with Crippen molar-refractivity contribution in [3.05, 3.63) is 23.3 Å². The molecule has 1 aromatic carbocycles. The lowest BCUT2D eigenvalue weighted by Crippen LogP contribution is -2.53. The molecule has 150 valence electrons. The molecule has 1 N–H and O–H groups in total. The first kappa shape index (κ1) is 16.6. The van der Waals surface area contributed by atoms with Crippen LogP contribution in [-0.4, -0.2) is 54.6 Å². The molecule has 1 saturated heterocycles. The van der Waals surface area contributed by atoms with E-state index < -0.39 is 12.7 Å². The molecular weight excluding hydrogens is 342 g/mol. The van der Waals surface area contributed by atoms with Gasteiger partial charge in [-0.1, -0.05) is 0 Å². The fraction of sp³-hybridized carbons (Fsp3) is 0.727. The predicted octanol–water partition coefficient (Wildman–Crippen LogP) is 3.33. The Morgan fingerprint density at radius 3 is 2.70 bits per heavy atom. The minimum absolute atomic E-state index is 0.0352. The molecule has 2 heterocycles. The maximum atomic E-state index is 10.7. The van der Waals surface area contributed by atoms with Crippen LogP contribution in [0.15, 0.2) is 12.1 Å². The Bertz CT molecular complexity index is 760. The summed E-state index contributed by atoms with van der Waals surface area (Å²) < 4.78 is 33.8. The molecular formula is C22H33NO4. The number of hydrogen-bond acceptors (Lipinski definition) is 5. The number of hydrogen-bond donors (Lipinski definition) is 1. The number of aliphatic hydroxyl groups excluding tert-OH is 1. The summed E-state index contributed by atoms with van der Waals surface area (Å²) in [6, 6.07) is 4.02. The number of aliphatic hydroxyl groups is 1. The van der Waals surface area contributed by atoms with E-state index in [1.807, 2.05) is 32.9 Å². The molecule has 3 atom stereocenters. The van der Waals surface area contributed by atoms with Crippen molar-refractivity contribution in [1.82, 2.24) is 4.90 Å². The molecule has 0 amide bonds. The molecule has 0 spiro atoms. The van der Waals surface area contributed by atoms with Gasteiger partial charge >= 0.3 is 0 Å². The fourth-order valence-corrected chi connectivity index (χ4v) is 4.15. The molecule has 5 heteroatoms. The van der Waals surface area contributed by atoms with Gasteiger partial charge in [0.1, 0.15) is 0 Å². The van der Waals surface area contributed by atoms with Gasteiger partial charge in [0.2, 0.25) is 0 Å². The van der Waals surface area contributed by atoms with Crippen molar-refractivity contribution in [2.75, 3.05) is 26.8 Å². The third-order valence-corrected chi connectivity index (χ3v) is 5.62. The summed E-state index contributed by atoms with van der Waals surface area (Å²) in [5.41, 5.74) is 2.00. The van der Waals surface area contributed by atoms with Crippen LogP contribution >= 0.6 is 0 Å². The molecule has 1 aromatic rings. The summed E-state index contributed by atoms with van der Waals surface area (Å²) in [4.78, 5) is 2.38. The van der Waals surface area contributed by atoms with Gasteiger partial charge in [-0.25, -0.2) is 0 Å². The lowest BCUT2D eigenvalue weighted by Gasteiger charge is -2.46. The predicted molar refractivity (Wildman–Crippen MR) is 104 cm³/mol. The Kier molecular flexibility index (Phi) is 4.48. The molecule has 4 rings (SSSR count). The van der Waals surface area contributed by atoms with Crippen molar-refractivity contribution < 1.29 is 22.1 Å². The topological polar surface area (TPSA) is 51.2 Å². The zero-order valence-electron chi connectivity index (χ0n) is 18.8. The number of nitrogens with zero attached hydrogens (tertiary/aromatic N) is 1. The van der Waals surface area contributed by atoms with E-state index in [4.69, 9.17) is 17.0 Å². The molecule has 0 radical (unpaired) electrons. The quantitative estimate of drug-likeness (QED) is 0.853. The number of ether oxygens (including phenoxy) is 3. The van der Waals surface area contributed by atoms with Crippen LogP contribution in [0.5, 0.6) is 11.5 Å². The summed E-state index contributed by atoms with van der Waals surface area (Å²) in [6.45, 7) is 5.97. The van der Waals surface area contributed by atoms with Gasteiger partial charge in [0.05, 0.1) is 34.2 Å². The molecule has 3 unspecified atom stereocenters. The van der Waals surface area contributed by atoms with Gasteiger partial charge in [0.15, 0.2) is 11.5 Å². The van der Waals surface area contributed by atoms with E-state index in [1.54, 1.807) is 7.11 Å². The van der Waals surface area contributed by atoms with Crippen molar-refractivity contribution in [2.24, 2.45) is 5.92 Å². The monoisotopic (exact) mass is 377 g/mol. The van der Waals surface area contributed by atoms with Crippen LogP contribution in [0.25, 0.3) is 0 Å². The molecule has 2 aliphatic heterocycles. The van der Waals surface area contributed by atoms with Gasteiger partial charge in [0, 0.05) is 19.1 Å². The first-order valence-electron chi connectivity index (χ1n) is 11.1. The molecule has 2 fully saturated rings. The minimum atomic E-state index is -1.67. The van der Waals surface area contributed by atoms with Gasteiger partial charge in [-0.3, -0.25) is 4.90 Å². The van der Waals surface area contributed by atoms with E-state index >= 15 is 0 Å². The third kappa shape index (κ3) is 4.25. The zero-order chi connectivity index (χ0) is 21.0. The second kappa shape index (κ2) is 7.26. The largest absolute Gasteiger partial charge is 0.493 e. The highest BCUT2D eigenvalue weighted by Gasteiger charge is 2.40. The second-order valence-electron chi connectivity index (χ2n) is 9.03. The average Bonchev–Trinajstić information content (AvgIpc) is 3.46. The van der Waals surface area contributed by atoms with E-state index in [2.05, 4.69) is 4.90 Å². The van der Waals surface area contributed by atoms with E-state index in [-0.39, 0.29) is 23.7 Å². The van der Waals surface area contributed by atoms with Crippen molar-refractivity contribution >= 4 is 0 Å².